The second-order valence-electron chi connectivity index (χ2n) is 17.0. The van der Waals surface area contributed by atoms with Crippen LogP contribution in [0.5, 0.6) is 17.2 Å². The number of aliphatic hydroxyl groups is 1. The number of thiophene rings is 1. The van der Waals surface area contributed by atoms with E-state index in [1.165, 1.54) is 16.2 Å². The Morgan fingerprint density at radius 1 is 0.771 bits per heavy atom. The number of hydrogen-bond acceptors (Lipinski definition) is 15. The van der Waals surface area contributed by atoms with Crippen molar-refractivity contribution in [2.75, 3.05) is 66.0 Å². The van der Waals surface area contributed by atoms with Gasteiger partial charge in [-0.2, -0.15) is 0 Å². The number of ketones is 1. The van der Waals surface area contributed by atoms with Gasteiger partial charge in [-0.3, -0.25) is 19.2 Å². The van der Waals surface area contributed by atoms with E-state index in [2.05, 4.69) is 15.6 Å². The average Bonchev–Trinajstić information content (AvgIpc) is 4.08. The number of amides is 3. The smallest absolute Gasteiger partial charge is 0.246 e. The lowest BCUT2D eigenvalue weighted by Crippen LogP contribution is -2.55. The van der Waals surface area contributed by atoms with Crippen molar-refractivity contribution in [3.05, 3.63) is 119 Å². The molecule has 0 bridgehead atoms. The van der Waals surface area contributed by atoms with E-state index in [0.29, 0.717) is 56.5 Å². The van der Waals surface area contributed by atoms with E-state index < -0.39 is 30.0 Å². The SMILES string of the molecule is Cc1ncsc1-c1ccc(CNC(=O)[C@@H]2C[C@@H](O)CN2C(=O)[C@@H](NC(=O)COCCOCCOCCOCCOc2ccc(C(=O)c3c(-c4ccc(O)cc4)sc4cc(O)ccc34)cc2)C(C)C)cc1. The van der Waals surface area contributed by atoms with E-state index in [4.69, 9.17) is 23.7 Å². The molecule has 3 atom stereocenters. The van der Waals surface area contributed by atoms with Gasteiger partial charge in [-0.1, -0.05) is 38.1 Å². The van der Waals surface area contributed by atoms with Gasteiger partial charge in [0.25, 0.3) is 0 Å². The number of aromatic hydroxyl groups is 2. The molecule has 6 aromatic rings. The first kappa shape index (κ1) is 51.6. The molecule has 7 rings (SSSR count). The lowest BCUT2D eigenvalue weighted by Gasteiger charge is -2.30. The van der Waals surface area contributed by atoms with Crippen molar-refractivity contribution in [3.63, 3.8) is 0 Å². The highest BCUT2D eigenvalue weighted by Gasteiger charge is 2.42. The fraction of sp³-hybridized carbons (Fsp3) is 0.365. The lowest BCUT2D eigenvalue weighted by molar-refractivity contribution is -0.143. The van der Waals surface area contributed by atoms with Crippen LogP contribution in [0.25, 0.3) is 31.0 Å². The number of β-amino-alcohol motifs (C(OH)–C–C–N with tert-alkyl or cyclic N) is 1. The second kappa shape index (κ2) is 25.0. The summed E-state index contributed by atoms with van der Waals surface area (Å²) in [5.74, 6) is -0.949. The number of phenolic OH excluding ortho intramolecular Hbond substituents is 2. The number of likely N-dealkylation sites (tertiary alicyclic amines) is 1. The van der Waals surface area contributed by atoms with E-state index in [-0.39, 0.29) is 68.4 Å². The highest BCUT2D eigenvalue weighted by atomic mass is 32.1. The number of benzene rings is 4. The maximum absolute atomic E-state index is 13.8. The molecule has 16 nitrogen and oxygen atoms in total. The molecule has 1 saturated heterocycles. The fourth-order valence-electron chi connectivity index (χ4n) is 7.89. The Morgan fingerprint density at radius 3 is 2.03 bits per heavy atom. The number of nitrogens with one attached hydrogen (secondary N) is 2. The largest absolute Gasteiger partial charge is 0.508 e. The van der Waals surface area contributed by atoms with Gasteiger partial charge in [0.1, 0.15) is 42.5 Å². The summed E-state index contributed by atoms with van der Waals surface area (Å²) in [5, 5.41) is 36.7. The molecule has 0 aliphatic carbocycles. The summed E-state index contributed by atoms with van der Waals surface area (Å²) in [6.45, 7) is 7.82. The summed E-state index contributed by atoms with van der Waals surface area (Å²) >= 11 is 2.97. The highest BCUT2D eigenvalue weighted by Crippen LogP contribution is 2.41. The zero-order valence-corrected chi connectivity index (χ0v) is 40.9. The number of carbonyl (C=O) groups excluding carboxylic acids is 4. The van der Waals surface area contributed by atoms with Gasteiger partial charge in [-0.15, -0.1) is 22.7 Å². The van der Waals surface area contributed by atoms with Crippen LogP contribution in [-0.2, 0) is 39.9 Å². The zero-order chi connectivity index (χ0) is 49.6. The molecule has 1 aliphatic rings. The van der Waals surface area contributed by atoms with Crippen LogP contribution in [0.1, 0.15) is 47.4 Å². The summed E-state index contributed by atoms with van der Waals surface area (Å²) in [6, 6.07) is 24.5. The number of aromatic nitrogens is 1. The van der Waals surface area contributed by atoms with Gasteiger partial charge in [-0.25, -0.2) is 4.98 Å². The maximum atomic E-state index is 13.8. The zero-order valence-electron chi connectivity index (χ0n) is 39.3. The van der Waals surface area contributed by atoms with Gasteiger partial charge >= 0.3 is 0 Å². The first-order valence-corrected chi connectivity index (χ1v) is 24.7. The number of nitrogens with zero attached hydrogens (tertiary/aromatic N) is 2. The molecule has 5 N–H and O–H groups in total. The Balaban J connectivity index is 0.729. The van der Waals surface area contributed by atoms with E-state index in [1.807, 2.05) is 31.2 Å². The molecule has 1 fully saturated rings. The third-order valence-corrected chi connectivity index (χ3v) is 13.7. The quantitative estimate of drug-likeness (QED) is 0.0306. The van der Waals surface area contributed by atoms with Crippen LogP contribution >= 0.6 is 22.7 Å². The third kappa shape index (κ3) is 13.7. The average molecular weight is 995 g/mol. The number of thiazole rings is 1. The molecule has 0 saturated carbocycles. The number of aryl methyl sites for hydroxylation is 1. The molecule has 3 heterocycles. The van der Waals surface area contributed by atoms with E-state index in [9.17, 15) is 34.5 Å². The predicted octanol–water partition coefficient (Wildman–Crippen LogP) is 6.51. The van der Waals surface area contributed by atoms with E-state index in [1.54, 1.807) is 97.4 Å². The summed E-state index contributed by atoms with van der Waals surface area (Å²) in [5.41, 5.74) is 6.49. The number of rotatable bonds is 25. The molecule has 1 aliphatic heterocycles. The second-order valence-corrected chi connectivity index (χ2v) is 18.9. The van der Waals surface area contributed by atoms with Crippen LogP contribution in [0.3, 0.4) is 0 Å². The van der Waals surface area contributed by atoms with Crippen LogP contribution in [0.15, 0.2) is 96.5 Å². The van der Waals surface area contributed by atoms with Crippen LogP contribution in [0, 0.1) is 12.8 Å². The summed E-state index contributed by atoms with van der Waals surface area (Å²) < 4.78 is 28.8. The van der Waals surface area contributed by atoms with Gasteiger partial charge in [0.2, 0.25) is 17.7 Å². The number of phenols is 2. The third-order valence-electron chi connectivity index (χ3n) is 11.5. The predicted molar refractivity (Wildman–Crippen MR) is 266 cm³/mol. The Hall–Kier alpha value is -6.25. The maximum Gasteiger partial charge on any atom is 0.246 e. The van der Waals surface area contributed by atoms with Crippen LogP contribution in [0.2, 0.25) is 0 Å². The topological polar surface area (TPSA) is 215 Å². The Kier molecular flexibility index (Phi) is 18.5. The minimum atomic E-state index is -0.924. The molecular weight excluding hydrogens is 937 g/mol. The van der Waals surface area contributed by atoms with E-state index in [0.717, 1.165) is 42.2 Å². The lowest BCUT2D eigenvalue weighted by atomic mass is 9.97. The molecule has 70 heavy (non-hydrogen) atoms. The minimum absolute atomic E-state index is 0.0158. The molecule has 0 spiro atoms. The first-order valence-electron chi connectivity index (χ1n) is 23.0. The standard InChI is InChI=1S/C52H58N4O12S2/c1-32(2)47(52(63)56-29-40(59)26-43(56)51(62)53-28-34-4-6-36(7-5-34)49-33(3)54-31-69-49)55-45(60)30-67-23-22-65-19-18-64-20-21-66-24-25-68-41-15-10-35(11-16-41)48(61)46-42-17-14-39(58)27-44(42)70-50(46)37-8-12-38(57)13-9-37/h4-17,27,31-32,40,43,47,57-59H,18-26,28-30H2,1-3H3,(H,53,62)(H,55,60)/t40-,43+,47+/m1/s1. The fourth-order valence-corrected chi connectivity index (χ4v) is 9.94. The number of hydrogen-bond donors (Lipinski definition) is 5. The molecule has 3 amide bonds. The molecule has 0 unspecified atom stereocenters. The number of aliphatic hydroxyl groups excluding tert-OH is 1. The summed E-state index contributed by atoms with van der Waals surface area (Å²) in [6.07, 6.45) is -0.774. The number of ether oxygens (including phenoxy) is 5. The van der Waals surface area contributed by atoms with Crippen molar-refractivity contribution in [2.24, 2.45) is 5.92 Å². The van der Waals surface area contributed by atoms with Crippen molar-refractivity contribution in [1.29, 1.82) is 0 Å². The molecule has 0 radical (unpaired) electrons. The Labute approximate surface area is 414 Å². The molecule has 4 aromatic carbocycles. The molecule has 18 heteroatoms. The van der Waals surface area contributed by atoms with Crippen molar-refractivity contribution in [2.45, 2.75) is 51.9 Å². The molecular formula is C52H58N4O12S2. The van der Waals surface area contributed by atoms with Gasteiger partial charge in [0.15, 0.2) is 5.78 Å². The van der Waals surface area contributed by atoms with E-state index >= 15 is 0 Å². The first-order chi connectivity index (χ1) is 33.9. The Bertz CT molecular complexity index is 2690. The van der Waals surface area contributed by atoms with Crippen molar-refractivity contribution < 1.29 is 58.2 Å². The van der Waals surface area contributed by atoms with Crippen molar-refractivity contribution in [1.82, 2.24) is 20.5 Å². The Morgan fingerprint density at radius 2 is 1.39 bits per heavy atom. The number of carbonyl (C=O) groups is 4. The molecule has 2 aromatic heterocycles. The van der Waals surface area contributed by atoms with Gasteiger partial charge in [0.05, 0.1) is 68.4 Å². The van der Waals surface area contributed by atoms with Crippen LogP contribution in [0.4, 0.5) is 0 Å². The summed E-state index contributed by atoms with van der Waals surface area (Å²) in [7, 11) is 0. The normalized spacial score (nSPS) is 15.1. The van der Waals surface area contributed by atoms with Crippen LogP contribution in [-0.4, -0.2) is 133 Å². The van der Waals surface area contributed by atoms with Crippen LogP contribution < -0.4 is 15.4 Å². The molecule has 370 valence electrons. The van der Waals surface area contributed by atoms with Gasteiger partial charge in [-0.05, 0) is 96.3 Å². The monoisotopic (exact) mass is 994 g/mol. The summed E-state index contributed by atoms with van der Waals surface area (Å²) in [4.78, 5) is 61.2. The number of fused-ring (bicyclic) bond motifs is 1. The minimum Gasteiger partial charge on any atom is -0.508 e. The highest BCUT2D eigenvalue weighted by molar-refractivity contribution is 7.22. The van der Waals surface area contributed by atoms with Crippen molar-refractivity contribution >= 4 is 56.3 Å². The van der Waals surface area contributed by atoms with Gasteiger partial charge < -0.3 is 54.5 Å². The van der Waals surface area contributed by atoms with Gasteiger partial charge in [0, 0.05) is 45.6 Å². The van der Waals surface area contributed by atoms with Crippen molar-refractivity contribution in [3.8, 4) is 38.1 Å².